The average molecular weight is 369 g/mol. The van der Waals surface area contributed by atoms with Crippen molar-refractivity contribution in [1.82, 2.24) is 20.5 Å². The Morgan fingerprint density at radius 2 is 2.12 bits per heavy atom. The van der Waals surface area contributed by atoms with E-state index in [1.165, 1.54) is 19.3 Å². The van der Waals surface area contributed by atoms with Crippen LogP contribution in [0.3, 0.4) is 0 Å². The lowest BCUT2D eigenvalue weighted by Gasteiger charge is -2.28. The molecule has 0 bridgehead atoms. The molecule has 24 heavy (non-hydrogen) atoms. The molecular formula is C16H24N4O2S2. The molecule has 2 N–H and O–H groups in total. The third-order valence-corrected chi connectivity index (χ3v) is 6.32. The van der Waals surface area contributed by atoms with Crippen LogP contribution >= 0.6 is 23.1 Å². The summed E-state index contributed by atoms with van der Waals surface area (Å²) in [6, 6.07) is -0.228. The summed E-state index contributed by atoms with van der Waals surface area (Å²) in [4.78, 5) is 31.0. The summed E-state index contributed by atoms with van der Waals surface area (Å²) in [6.07, 6.45) is 5.71. The molecule has 0 spiro atoms. The van der Waals surface area contributed by atoms with Crippen LogP contribution in [0.1, 0.15) is 42.8 Å². The fraction of sp³-hybridized carbons (Fsp3) is 0.688. The lowest BCUT2D eigenvalue weighted by atomic mass is 9.96. The first-order valence-electron chi connectivity index (χ1n) is 8.47. The number of aromatic nitrogens is 1. The van der Waals surface area contributed by atoms with Crippen LogP contribution in [0.4, 0.5) is 4.79 Å². The van der Waals surface area contributed by atoms with E-state index in [9.17, 15) is 9.59 Å². The standard InChI is InChI=1S/C16H24N4O2S2/c1-11-18-13(8-24-11)7-17-15(21)14-9-23-10-20(14)16(22)19-12-5-3-2-4-6-12/h8,12,14H,2-7,9-10H2,1H3,(H,17,21)(H,19,22)/t14-/m1/s1. The highest BCUT2D eigenvalue weighted by Crippen LogP contribution is 2.23. The van der Waals surface area contributed by atoms with Gasteiger partial charge in [-0.1, -0.05) is 19.3 Å². The molecule has 2 aliphatic rings. The molecule has 2 heterocycles. The Hall–Kier alpha value is -1.28. The summed E-state index contributed by atoms with van der Waals surface area (Å²) in [5, 5.41) is 8.96. The normalized spacial score (nSPS) is 21.7. The molecule has 132 valence electrons. The topological polar surface area (TPSA) is 74.3 Å². The Kier molecular flexibility index (Phi) is 5.99. The van der Waals surface area contributed by atoms with E-state index < -0.39 is 6.04 Å². The lowest BCUT2D eigenvalue weighted by molar-refractivity contribution is -0.124. The first kappa shape index (κ1) is 17.5. The number of carbonyl (C=O) groups is 2. The van der Waals surface area contributed by atoms with Crippen LogP contribution in [-0.2, 0) is 11.3 Å². The third kappa shape index (κ3) is 4.42. The van der Waals surface area contributed by atoms with Gasteiger partial charge in [0.05, 0.1) is 23.1 Å². The number of rotatable bonds is 4. The molecule has 2 fully saturated rings. The molecule has 3 amide bonds. The average Bonchev–Trinajstić information content (AvgIpc) is 3.22. The Morgan fingerprint density at radius 1 is 1.33 bits per heavy atom. The number of thioether (sulfide) groups is 1. The molecular weight excluding hydrogens is 344 g/mol. The number of urea groups is 1. The Bertz CT molecular complexity index is 586. The van der Waals surface area contributed by atoms with E-state index >= 15 is 0 Å². The van der Waals surface area contributed by atoms with E-state index in [1.54, 1.807) is 28.0 Å². The van der Waals surface area contributed by atoms with Crippen LogP contribution in [0.15, 0.2) is 5.38 Å². The van der Waals surface area contributed by atoms with Gasteiger partial charge in [0.2, 0.25) is 5.91 Å². The van der Waals surface area contributed by atoms with Crippen LogP contribution in [0, 0.1) is 6.92 Å². The van der Waals surface area contributed by atoms with Crippen molar-refractivity contribution in [2.75, 3.05) is 11.6 Å². The molecule has 1 aromatic rings. The van der Waals surface area contributed by atoms with Crippen molar-refractivity contribution in [2.24, 2.45) is 0 Å². The second kappa shape index (κ2) is 8.20. The minimum atomic E-state index is -0.390. The smallest absolute Gasteiger partial charge is 0.319 e. The van der Waals surface area contributed by atoms with Gasteiger partial charge in [-0.15, -0.1) is 23.1 Å². The van der Waals surface area contributed by atoms with Gasteiger partial charge in [0.1, 0.15) is 6.04 Å². The van der Waals surface area contributed by atoms with E-state index in [2.05, 4.69) is 15.6 Å². The second-order valence-corrected chi connectivity index (χ2v) is 8.41. The minimum Gasteiger partial charge on any atom is -0.349 e. The number of hydrogen-bond donors (Lipinski definition) is 2. The maximum Gasteiger partial charge on any atom is 0.319 e. The van der Waals surface area contributed by atoms with Gasteiger partial charge in [0.25, 0.3) is 0 Å². The molecule has 8 heteroatoms. The predicted molar refractivity (Wildman–Crippen MR) is 97.1 cm³/mol. The summed E-state index contributed by atoms with van der Waals surface area (Å²) < 4.78 is 0. The zero-order chi connectivity index (χ0) is 16.9. The summed E-state index contributed by atoms with van der Waals surface area (Å²) >= 11 is 3.20. The molecule has 1 aliphatic heterocycles. The molecule has 0 unspecified atom stereocenters. The van der Waals surface area contributed by atoms with Crippen molar-refractivity contribution in [3.8, 4) is 0 Å². The highest BCUT2D eigenvalue weighted by Gasteiger charge is 2.35. The molecule has 1 saturated carbocycles. The summed E-state index contributed by atoms with van der Waals surface area (Å²) in [5.41, 5.74) is 0.870. The summed E-state index contributed by atoms with van der Waals surface area (Å²) in [5.74, 6) is 1.14. The SMILES string of the molecule is Cc1nc(CNC(=O)[C@H]2CSCN2C(=O)NC2CCCCC2)cs1. The van der Waals surface area contributed by atoms with Gasteiger partial charge < -0.3 is 15.5 Å². The van der Waals surface area contributed by atoms with Gasteiger partial charge >= 0.3 is 6.03 Å². The van der Waals surface area contributed by atoms with E-state index in [1.807, 2.05) is 12.3 Å². The number of nitrogens with one attached hydrogen (secondary N) is 2. The van der Waals surface area contributed by atoms with E-state index in [-0.39, 0.29) is 18.0 Å². The molecule has 3 rings (SSSR count). The zero-order valence-corrected chi connectivity index (χ0v) is 15.5. The molecule has 1 aromatic heterocycles. The number of carbonyl (C=O) groups excluding carboxylic acids is 2. The maximum atomic E-state index is 12.5. The van der Waals surface area contributed by atoms with Crippen LogP contribution in [0.25, 0.3) is 0 Å². The van der Waals surface area contributed by atoms with Crippen LogP contribution in [-0.4, -0.2) is 45.5 Å². The Balaban J connectivity index is 1.51. The molecule has 6 nitrogen and oxygen atoms in total. The summed E-state index contributed by atoms with van der Waals surface area (Å²) in [7, 11) is 0. The molecule has 0 aromatic carbocycles. The molecule has 1 aliphatic carbocycles. The minimum absolute atomic E-state index is 0.0931. The maximum absolute atomic E-state index is 12.5. The predicted octanol–water partition coefficient (Wildman–Crippen LogP) is 2.48. The van der Waals surface area contributed by atoms with E-state index in [0.29, 0.717) is 18.2 Å². The van der Waals surface area contributed by atoms with Crippen molar-refractivity contribution in [2.45, 2.75) is 57.7 Å². The third-order valence-electron chi connectivity index (χ3n) is 4.49. The number of amides is 3. The van der Waals surface area contributed by atoms with Crippen LogP contribution < -0.4 is 10.6 Å². The van der Waals surface area contributed by atoms with Crippen molar-refractivity contribution in [3.63, 3.8) is 0 Å². The first-order chi connectivity index (χ1) is 11.6. The molecule has 1 saturated heterocycles. The van der Waals surface area contributed by atoms with Gasteiger partial charge in [-0.25, -0.2) is 9.78 Å². The monoisotopic (exact) mass is 368 g/mol. The lowest BCUT2D eigenvalue weighted by Crippen LogP contribution is -2.52. The quantitative estimate of drug-likeness (QED) is 0.856. The first-order valence-corrected chi connectivity index (χ1v) is 10.5. The zero-order valence-electron chi connectivity index (χ0n) is 13.9. The van der Waals surface area contributed by atoms with Crippen molar-refractivity contribution < 1.29 is 9.59 Å². The van der Waals surface area contributed by atoms with Gasteiger partial charge in [-0.05, 0) is 19.8 Å². The highest BCUT2D eigenvalue weighted by atomic mass is 32.2. The fourth-order valence-electron chi connectivity index (χ4n) is 3.15. The second-order valence-electron chi connectivity index (χ2n) is 6.35. The Labute approximate surface area is 150 Å². The number of aryl methyl sites for hydroxylation is 1. The van der Waals surface area contributed by atoms with Crippen LogP contribution in [0.2, 0.25) is 0 Å². The number of nitrogens with zero attached hydrogens (tertiary/aromatic N) is 2. The van der Waals surface area contributed by atoms with Crippen molar-refractivity contribution in [3.05, 3.63) is 16.1 Å². The van der Waals surface area contributed by atoms with Gasteiger partial charge in [-0.2, -0.15) is 0 Å². The highest BCUT2D eigenvalue weighted by molar-refractivity contribution is 7.99. The number of hydrogen-bond acceptors (Lipinski definition) is 5. The van der Waals surface area contributed by atoms with Crippen molar-refractivity contribution >= 4 is 35.0 Å². The number of thiazole rings is 1. The van der Waals surface area contributed by atoms with Crippen molar-refractivity contribution in [1.29, 1.82) is 0 Å². The fourth-order valence-corrected chi connectivity index (χ4v) is 4.92. The van der Waals surface area contributed by atoms with Crippen LogP contribution in [0.5, 0.6) is 0 Å². The Morgan fingerprint density at radius 3 is 2.83 bits per heavy atom. The van der Waals surface area contributed by atoms with Gasteiger partial charge in [0.15, 0.2) is 0 Å². The van der Waals surface area contributed by atoms with E-state index in [4.69, 9.17) is 0 Å². The van der Waals surface area contributed by atoms with Gasteiger partial charge in [0, 0.05) is 17.2 Å². The molecule has 1 atom stereocenters. The van der Waals surface area contributed by atoms with Gasteiger partial charge in [-0.3, -0.25) is 4.79 Å². The largest absolute Gasteiger partial charge is 0.349 e. The molecule has 0 radical (unpaired) electrons. The summed E-state index contributed by atoms with van der Waals surface area (Å²) in [6.45, 7) is 2.36. The van der Waals surface area contributed by atoms with E-state index in [0.717, 1.165) is 23.5 Å².